The fraction of sp³-hybridized carbons (Fsp3) is 0.433. The van der Waals surface area contributed by atoms with Crippen molar-refractivity contribution in [1.29, 1.82) is 0 Å². The second kappa shape index (κ2) is 34.5. The summed E-state index contributed by atoms with van der Waals surface area (Å²) in [6.45, 7) is 7.97. The van der Waals surface area contributed by atoms with Crippen molar-refractivity contribution in [2.24, 2.45) is 16.6 Å². The average Bonchev–Trinajstić information content (AvgIpc) is 1.23. The zero-order valence-electron chi connectivity index (χ0n) is 53.4. The Labute approximate surface area is 549 Å². The highest BCUT2D eigenvalue weighted by atomic mass is 31.2. The van der Waals surface area contributed by atoms with Crippen LogP contribution in [0, 0.1) is 5.92 Å². The average molecular weight is 1330 g/mol. The Kier molecular flexibility index (Phi) is 26.1. The topological polar surface area (TPSA) is 387 Å². The minimum Gasteiger partial charge on any atom is -0.493 e. The number of ether oxygens (including phenoxy) is 5. The molecule has 0 spiro atoms. The first-order valence-electron chi connectivity index (χ1n) is 31.6. The molecule has 27 nitrogen and oxygen atoms in total. The standard InChI is InChI=1S/C67H85N10O17P/c1-5-19-50(63(83)90-39-43-22-10-7-11-23-43)74-61(82)49(29-18-36-70-64(69)76-94-95(86,87)91-40-53-58(79)59(80)62(92-53)77-37-34-54(68)75-65(77)84)73-60(81)48(28-16-17-35-71-66(85)93-67(2,3)4)72-55(78)41-89-52-33-31-45-25-13-15-27-47(45)57(52)56-46-26-14-12-24-44(46)30-32-51(56)88-38-42-20-8-6-9-21-42/h5,7,10-15,22-27,30-34,37,42,48-50,53,58-59,62,79-80H,1,6,8-9,16-21,28-29,35-36,38-41H2,2-4H3,(H,71,85)(H,72,78)(H,73,81)(H,74,82)(H,86,87)(H2,68,75,84)(H3,69,70,76)/t48?,49?,50?,53-,58-,59-,62-/m1/s1. The number of hydroxylamine groups is 1. The van der Waals surface area contributed by atoms with Gasteiger partial charge in [-0.2, -0.15) is 9.61 Å². The van der Waals surface area contributed by atoms with Gasteiger partial charge in [-0.25, -0.2) is 24.4 Å². The number of aromatic nitrogens is 2. The summed E-state index contributed by atoms with van der Waals surface area (Å²) in [4.78, 5) is 100. The third-order valence-corrected chi connectivity index (χ3v) is 16.6. The number of guanidine groups is 1. The van der Waals surface area contributed by atoms with E-state index in [-0.39, 0.29) is 57.6 Å². The Balaban J connectivity index is 0.982. The second-order valence-electron chi connectivity index (χ2n) is 24.2. The number of aliphatic hydroxyl groups is 2. The van der Waals surface area contributed by atoms with Crippen LogP contribution in [0.3, 0.4) is 0 Å². The molecule has 6 aromatic rings. The summed E-state index contributed by atoms with van der Waals surface area (Å²) >= 11 is 0. The number of hydrogen-bond acceptors (Lipinski definition) is 19. The van der Waals surface area contributed by atoms with Crippen molar-refractivity contribution < 1.29 is 76.5 Å². The molecule has 1 aliphatic heterocycles. The van der Waals surface area contributed by atoms with Crippen LogP contribution in [0.1, 0.15) is 103 Å². The molecule has 0 bridgehead atoms. The largest absolute Gasteiger partial charge is 0.493 e. The van der Waals surface area contributed by atoms with Crippen molar-refractivity contribution in [1.82, 2.24) is 36.3 Å². The lowest BCUT2D eigenvalue weighted by atomic mass is 9.90. The lowest BCUT2D eigenvalue weighted by Gasteiger charge is -2.25. The van der Waals surface area contributed by atoms with Gasteiger partial charge in [0.15, 0.2) is 12.8 Å². The van der Waals surface area contributed by atoms with E-state index in [1.807, 2.05) is 72.2 Å². The molecule has 4 unspecified atom stereocenters. The fourth-order valence-corrected chi connectivity index (χ4v) is 11.6. The van der Waals surface area contributed by atoms with E-state index in [9.17, 15) is 48.4 Å². The lowest BCUT2D eigenvalue weighted by Crippen LogP contribution is -2.56. The van der Waals surface area contributed by atoms with Gasteiger partial charge in [-0.15, -0.1) is 6.58 Å². The zero-order chi connectivity index (χ0) is 68.1. The quantitative estimate of drug-likeness (QED) is 0.00401. The maximum Gasteiger partial charge on any atom is 0.493 e. The molecule has 28 heteroatoms. The van der Waals surface area contributed by atoms with Crippen molar-refractivity contribution in [2.75, 3.05) is 38.6 Å². The van der Waals surface area contributed by atoms with Crippen LogP contribution < -0.4 is 53.4 Å². The first kappa shape index (κ1) is 71.9. The van der Waals surface area contributed by atoms with Gasteiger partial charge in [-0.3, -0.25) is 28.5 Å². The maximum absolute atomic E-state index is 14.8. The Morgan fingerprint density at radius 3 is 2.06 bits per heavy atom. The Morgan fingerprint density at radius 1 is 0.789 bits per heavy atom. The minimum atomic E-state index is -5.05. The normalized spacial score (nSPS) is 18.3. The monoisotopic (exact) mass is 1330 g/mol. The highest BCUT2D eigenvalue weighted by molar-refractivity contribution is 7.47. The number of amides is 4. The number of rotatable bonds is 32. The Hall–Kier alpha value is -8.95. The number of alkyl carbamates (subject to hydrolysis) is 1. The molecule has 2 heterocycles. The molecule has 8 rings (SSSR count). The van der Waals surface area contributed by atoms with Crippen LogP contribution >= 0.6 is 7.82 Å². The van der Waals surface area contributed by atoms with Crippen LogP contribution in [0.4, 0.5) is 10.6 Å². The number of carbonyl (C=O) groups is 5. The number of nitrogens with two attached hydrogens (primary N) is 2. The van der Waals surface area contributed by atoms with Crippen molar-refractivity contribution >= 4 is 70.9 Å². The van der Waals surface area contributed by atoms with Crippen LogP contribution in [0.15, 0.2) is 138 Å². The number of nitrogens with one attached hydrogen (secondary N) is 5. The van der Waals surface area contributed by atoms with Gasteiger partial charge in [-0.1, -0.05) is 116 Å². The number of nitrogen functional groups attached to an aromatic ring is 1. The molecule has 1 aromatic heterocycles. The zero-order valence-corrected chi connectivity index (χ0v) is 54.3. The predicted octanol–water partition coefficient (Wildman–Crippen LogP) is 6.66. The summed E-state index contributed by atoms with van der Waals surface area (Å²) in [5, 5.41) is 35.8. The summed E-state index contributed by atoms with van der Waals surface area (Å²) in [7, 11) is -5.05. The van der Waals surface area contributed by atoms with Crippen LogP contribution in [0.5, 0.6) is 11.5 Å². The first-order valence-corrected chi connectivity index (χ1v) is 33.1. The van der Waals surface area contributed by atoms with Gasteiger partial charge in [0.1, 0.15) is 66.0 Å². The molecule has 1 saturated heterocycles. The molecular formula is C67H85N10O17P. The van der Waals surface area contributed by atoms with Crippen molar-refractivity contribution in [2.45, 2.75) is 146 Å². The molecule has 5 aromatic carbocycles. The number of benzene rings is 5. The molecule has 8 atom stereocenters. The number of anilines is 1. The summed E-state index contributed by atoms with van der Waals surface area (Å²) in [5.74, 6) is -2.26. The number of aliphatic imine (C=N–C) groups is 1. The SMILES string of the molecule is C=CCC(NC(=O)C(CCCN=C(N)NOP(=O)(O)OC[C@H]1O[C@@H](n2ccc(N)nc2=O)[C@H](O)[C@@H]1O)NC(=O)C(CCCCNC(=O)OC(C)(C)C)NC(=O)COc1ccc2ccccc2c1-c1c(OCC2CCCCC2)ccc2ccccc12)C(=O)OCc1ccccc1. The molecule has 12 N–H and O–H groups in total. The minimum absolute atomic E-state index is 0.00898. The summed E-state index contributed by atoms with van der Waals surface area (Å²) in [5.41, 5.74) is 14.1. The number of nitrogens with zero attached hydrogens (tertiary/aromatic N) is 3. The van der Waals surface area contributed by atoms with Crippen LogP contribution in [0.2, 0.25) is 0 Å². The van der Waals surface area contributed by atoms with Gasteiger partial charge in [-0.05, 0) is 123 Å². The van der Waals surface area contributed by atoms with Crippen molar-refractivity contribution in [3.05, 3.63) is 144 Å². The van der Waals surface area contributed by atoms with Crippen molar-refractivity contribution in [3.63, 3.8) is 0 Å². The van der Waals surface area contributed by atoms with Gasteiger partial charge in [0, 0.05) is 30.4 Å². The number of carbonyl (C=O) groups excluding carboxylic acids is 5. The number of esters is 1. The van der Waals surface area contributed by atoms with E-state index in [0.717, 1.165) is 57.4 Å². The molecular weight excluding hydrogens is 1250 g/mol. The smallest absolute Gasteiger partial charge is 0.493 e. The molecule has 1 saturated carbocycles. The van der Waals surface area contributed by atoms with E-state index in [2.05, 4.69) is 37.8 Å². The third-order valence-electron chi connectivity index (χ3n) is 15.8. The number of phosphoric ester groups is 1. The van der Waals surface area contributed by atoms with Gasteiger partial charge >= 0.3 is 25.6 Å². The van der Waals surface area contributed by atoms with Crippen molar-refractivity contribution in [3.8, 4) is 22.6 Å². The lowest BCUT2D eigenvalue weighted by molar-refractivity contribution is -0.149. The summed E-state index contributed by atoms with van der Waals surface area (Å²) < 4.78 is 53.3. The fourth-order valence-electron chi connectivity index (χ4n) is 11.0. The second-order valence-corrected chi connectivity index (χ2v) is 25.5. The molecule has 95 heavy (non-hydrogen) atoms. The van der Waals surface area contributed by atoms with E-state index < -0.39 is 111 Å². The van der Waals surface area contributed by atoms with Gasteiger partial charge in [0.2, 0.25) is 17.8 Å². The number of aliphatic hydroxyl groups excluding tert-OH is 2. The number of hydrogen-bond donors (Lipinski definition) is 10. The summed E-state index contributed by atoms with van der Waals surface area (Å²) in [6.07, 6.45) is 1.79. The predicted molar refractivity (Wildman–Crippen MR) is 354 cm³/mol. The summed E-state index contributed by atoms with van der Waals surface area (Å²) in [6, 6.07) is 29.7. The molecule has 2 aliphatic rings. The molecule has 4 amide bonds. The Bertz CT molecular complexity index is 3750. The van der Waals surface area contributed by atoms with Gasteiger partial charge in [0.25, 0.3) is 5.91 Å². The molecule has 1 aliphatic carbocycles. The van der Waals surface area contributed by atoms with E-state index in [4.69, 9.17) is 44.3 Å². The van der Waals surface area contributed by atoms with E-state index in [0.29, 0.717) is 41.6 Å². The van der Waals surface area contributed by atoms with E-state index in [1.165, 1.54) is 24.8 Å². The highest BCUT2D eigenvalue weighted by Gasteiger charge is 2.45. The van der Waals surface area contributed by atoms with Crippen LogP contribution in [0.25, 0.3) is 32.7 Å². The third kappa shape index (κ3) is 21.3. The number of unbranched alkanes of at least 4 members (excludes halogenated alkanes) is 1. The van der Waals surface area contributed by atoms with Crippen LogP contribution in [-0.4, -0.2) is 135 Å². The number of fused-ring (bicyclic) bond motifs is 2. The Morgan fingerprint density at radius 2 is 1.41 bits per heavy atom. The molecule has 2 fully saturated rings. The number of phosphoric acid groups is 1. The van der Waals surface area contributed by atoms with E-state index in [1.54, 1.807) is 57.2 Å². The van der Waals surface area contributed by atoms with E-state index >= 15 is 0 Å². The molecule has 0 radical (unpaired) electrons. The maximum atomic E-state index is 14.8. The first-order chi connectivity index (χ1) is 45.6. The van der Waals surface area contributed by atoms with Crippen LogP contribution in [-0.2, 0) is 53.7 Å². The van der Waals surface area contributed by atoms with Gasteiger partial charge < -0.3 is 71.5 Å². The highest BCUT2D eigenvalue weighted by Crippen LogP contribution is 2.46. The molecule has 510 valence electrons. The van der Waals surface area contributed by atoms with Gasteiger partial charge in [0.05, 0.1) is 13.2 Å².